The highest BCUT2D eigenvalue weighted by molar-refractivity contribution is 5.60. The van der Waals surface area contributed by atoms with Crippen molar-refractivity contribution in [3.8, 4) is 0 Å². The Morgan fingerprint density at radius 3 is 2.53 bits per heavy atom. The fourth-order valence-corrected chi connectivity index (χ4v) is 1.81. The van der Waals surface area contributed by atoms with E-state index in [1.807, 2.05) is 13.8 Å². The van der Waals surface area contributed by atoms with Crippen LogP contribution >= 0.6 is 0 Å². The number of nitrogens with zero attached hydrogens (tertiary/aromatic N) is 1. The second-order valence-corrected chi connectivity index (χ2v) is 4.71. The number of rotatable bonds is 6. The summed E-state index contributed by atoms with van der Waals surface area (Å²) in [5.41, 5.74) is 5.10. The topological polar surface area (TPSA) is 102 Å². The van der Waals surface area contributed by atoms with E-state index in [1.165, 1.54) is 4.57 Å². The molecule has 7 heteroatoms. The lowest BCUT2D eigenvalue weighted by molar-refractivity contribution is 0.171. The van der Waals surface area contributed by atoms with Crippen molar-refractivity contribution in [3.05, 3.63) is 20.8 Å². The number of nitrogens with two attached hydrogens (primary N) is 1. The molecule has 1 aromatic rings. The molecular weight excluding hydrogens is 248 g/mol. The minimum Gasteiger partial charge on any atom is -0.383 e. The van der Waals surface area contributed by atoms with Gasteiger partial charge in [-0.1, -0.05) is 13.8 Å². The van der Waals surface area contributed by atoms with Gasteiger partial charge in [0.25, 0.3) is 5.56 Å². The predicted octanol–water partition coefficient (Wildman–Crippen LogP) is 0.222. The molecule has 19 heavy (non-hydrogen) atoms. The number of aromatic amines is 1. The monoisotopic (exact) mass is 270 g/mol. The lowest BCUT2D eigenvalue weighted by Crippen LogP contribution is -2.38. The molecule has 1 aromatic heterocycles. The average molecular weight is 270 g/mol. The predicted molar refractivity (Wildman–Crippen MR) is 75.5 cm³/mol. The van der Waals surface area contributed by atoms with Gasteiger partial charge < -0.3 is 15.8 Å². The highest BCUT2D eigenvalue weighted by Gasteiger charge is 2.18. The third-order valence-electron chi connectivity index (χ3n) is 3.04. The fraction of sp³-hybridized carbons (Fsp3) is 0.667. The molecule has 1 unspecified atom stereocenters. The van der Waals surface area contributed by atoms with Crippen molar-refractivity contribution in [3.63, 3.8) is 0 Å². The van der Waals surface area contributed by atoms with Gasteiger partial charge in [0.1, 0.15) is 11.5 Å². The Kier molecular flexibility index (Phi) is 5.17. The normalized spacial score (nSPS) is 12.7. The molecular formula is C12H22N4O3. The zero-order valence-electron chi connectivity index (χ0n) is 11.8. The minimum atomic E-state index is -0.506. The van der Waals surface area contributed by atoms with Crippen molar-refractivity contribution in [2.45, 2.75) is 33.4 Å². The van der Waals surface area contributed by atoms with E-state index in [1.54, 1.807) is 14.0 Å². The van der Waals surface area contributed by atoms with Gasteiger partial charge in [-0.15, -0.1) is 0 Å². The molecule has 0 saturated carbocycles. The molecule has 0 saturated heterocycles. The minimum absolute atomic E-state index is 0.0591. The number of aromatic nitrogens is 2. The number of nitrogens with one attached hydrogen (secondary N) is 2. The largest absolute Gasteiger partial charge is 0.383 e. The lowest BCUT2D eigenvalue weighted by atomic mass is 10.1. The van der Waals surface area contributed by atoms with Gasteiger partial charge in [0.2, 0.25) is 0 Å². The lowest BCUT2D eigenvalue weighted by Gasteiger charge is -2.23. The molecule has 0 spiro atoms. The smallest absolute Gasteiger partial charge is 0.330 e. The summed E-state index contributed by atoms with van der Waals surface area (Å²) < 4.78 is 6.43. The number of anilines is 2. The summed E-state index contributed by atoms with van der Waals surface area (Å²) in [5, 5.41) is 3.06. The van der Waals surface area contributed by atoms with E-state index in [0.717, 1.165) is 0 Å². The van der Waals surface area contributed by atoms with Crippen molar-refractivity contribution < 1.29 is 4.74 Å². The van der Waals surface area contributed by atoms with Crippen LogP contribution in [0, 0.1) is 5.92 Å². The first-order valence-corrected chi connectivity index (χ1v) is 6.30. The van der Waals surface area contributed by atoms with Gasteiger partial charge in [0.05, 0.1) is 12.6 Å². The van der Waals surface area contributed by atoms with Gasteiger partial charge in [-0.05, 0) is 12.8 Å². The van der Waals surface area contributed by atoms with Gasteiger partial charge in [0.15, 0.2) is 0 Å². The molecule has 1 heterocycles. The summed E-state index contributed by atoms with van der Waals surface area (Å²) in [5.74, 6) is 0.402. The molecule has 0 aliphatic heterocycles. The zero-order chi connectivity index (χ0) is 14.6. The Hall–Kier alpha value is -1.76. The van der Waals surface area contributed by atoms with Gasteiger partial charge >= 0.3 is 5.69 Å². The number of hydrogen-bond acceptors (Lipinski definition) is 5. The third kappa shape index (κ3) is 3.37. The molecule has 0 bridgehead atoms. The van der Waals surface area contributed by atoms with Crippen LogP contribution in [0.4, 0.5) is 11.5 Å². The van der Waals surface area contributed by atoms with E-state index in [9.17, 15) is 9.59 Å². The van der Waals surface area contributed by atoms with Crippen molar-refractivity contribution in [1.82, 2.24) is 9.55 Å². The number of ether oxygens (including phenoxy) is 1. The van der Waals surface area contributed by atoms with Crippen LogP contribution in [0.25, 0.3) is 0 Å². The maximum absolute atomic E-state index is 11.8. The number of hydrogen-bond donors (Lipinski definition) is 3. The second kappa shape index (κ2) is 6.42. The van der Waals surface area contributed by atoms with Crippen LogP contribution < -0.4 is 22.3 Å². The quantitative estimate of drug-likeness (QED) is 0.686. The van der Waals surface area contributed by atoms with E-state index in [-0.39, 0.29) is 23.5 Å². The maximum atomic E-state index is 11.8. The SMILES string of the molecule is CCn1c(N)c(NC(COC)C(C)C)c(=O)[nH]c1=O. The third-order valence-corrected chi connectivity index (χ3v) is 3.04. The molecule has 1 atom stereocenters. The maximum Gasteiger partial charge on any atom is 0.330 e. The Labute approximate surface area is 111 Å². The van der Waals surface area contributed by atoms with E-state index in [0.29, 0.717) is 13.2 Å². The van der Waals surface area contributed by atoms with Gasteiger partial charge in [-0.25, -0.2) is 4.79 Å². The Morgan fingerprint density at radius 1 is 1.42 bits per heavy atom. The molecule has 0 amide bonds. The van der Waals surface area contributed by atoms with Crippen molar-refractivity contribution in [2.24, 2.45) is 5.92 Å². The fourth-order valence-electron chi connectivity index (χ4n) is 1.81. The van der Waals surface area contributed by atoms with Crippen LogP contribution in [-0.4, -0.2) is 29.3 Å². The van der Waals surface area contributed by atoms with Crippen LogP contribution in [0.1, 0.15) is 20.8 Å². The summed E-state index contributed by atoms with van der Waals surface area (Å²) in [7, 11) is 1.59. The van der Waals surface area contributed by atoms with Crippen LogP contribution in [-0.2, 0) is 11.3 Å². The van der Waals surface area contributed by atoms with Gasteiger partial charge in [-0.3, -0.25) is 14.3 Å². The Morgan fingerprint density at radius 2 is 2.05 bits per heavy atom. The average Bonchev–Trinajstić information content (AvgIpc) is 2.33. The molecule has 0 fully saturated rings. The van der Waals surface area contributed by atoms with Gasteiger partial charge in [-0.2, -0.15) is 0 Å². The molecule has 0 aliphatic rings. The van der Waals surface area contributed by atoms with E-state index in [2.05, 4.69) is 10.3 Å². The van der Waals surface area contributed by atoms with E-state index < -0.39 is 11.2 Å². The molecule has 0 aromatic carbocycles. The molecule has 1 rings (SSSR count). The Bertz CT molecular complexity index is 533. The first-order valence-electron chi connectivity index (χ1n) is 6.30. The summed E-state index contributed by atoms with van der Waals surface area (Å²) >= 11 is 0. The van der Waals surface area contributed by atoms with Crippen LogP contribution in [0.15, 0.2) is 9.59 Å². The molecule has 0 radical (unpaired) electrons. The van der Waals surface area contributed by atoms with Crippen LogP contribution in [0.5, 0.6) is 0 Å². The summed E-state index contributed by atoms with van der Waals surface area (Å²) in [6.45, 7) is 6.65. The van der Waals surface area contributed by atoms with E-state index in [4.69, 9.17) is 10.5 Å². The number of nitrogen functional groups attached to an aromatic ring is 1. The summed E-state index contributed by atoms with van der Waals surface area (Å²) in [6, 6.07) is -0.0591. The molecule has 7 nitrogen and oxygen atoms in total. The molecule has 108 valence electrons. The first kappa shape index (κ1) is 15.3. The standard InChI is InChI=1S/C12H22N4O3/c1-5-16-10(13)9(11(17)15-12(16)18)14-8(6-19-4)7(2)3/h7-8,14H,5-6,13H2,1-4H3,(H,15,17,18). The van der Waals surface area contributed by atoms with Crippen LogP contribution in [0.3, 0.4) is 0 Å². The van der Waals surface area contributed by atoms with Crippen molar-refractivity contribution in [2.75, 3.05) is 24.8 Å². The highest BCUT2D eigenvalue weighted by Crippen LogP contribution is 2.14. The highest BCUT2D eigenvalue weighted by atomic mass is 16.5. The number of H-pyrrole nitrogens is 1. The summed E-state index contributed by atoms with van der Waals surface area (Å²) in [4.78, 5) is 25.7. The van der Waals surface area contributed by atoms with Crippen molar-refractivity contribution in [1.29, 1.82) is 0 Å². The van der Waals surface area contributed by atoms with Gasteiger partial charge in [0, 0.05) is 13.7 Å². The first-order chi connectivity index (χ1) is 8.92. The zero-order valence-corrected chi connectivity index (χ0v) is 11.8. The molecule has 0 aliphatic carbocycles. The summed E-state index contributed by atoms with van der Waals surface area (Å²) in [6.07, 6.45) is 0. The second-order valence-electron chi connectivity index (χ2n) is 4.71. The van der Waals surface area contributed by atoms with Crippen LogP contribution in [0.2, 0.25) is 0 Å². The number of methoxy groups -OCH3 is 1. The van der Waals surface area contributed by atoms with E-state index >= 15 is 0 Å². The molecule has 4 N–H and O–H groups in total. The Balaban J connectivity index is 3.20. The van der Waals surface area contributed by atoms with Crippen molar-refractivity contribution >= 4 is 11.5 Å².